The number of anilines is 1. The Bertz CT molecular complexity index is 447. The van der Waals surface area contributed by atoms with Gasteiger partial charge >= 0.3 is 0 Å². The first-order chi connectivity index (χ1) is 8.61. The summed E-state index contributed by atoms with van der Waals surface area (Å²) < 4.78 is 5.70. The van der Waals surface area contributed by atoms with E-state index in [1.807, 2.05) is 0 Å². The van der Waals surface area contributed by atoms with Crippen LogP contribution in [-0.2, 0) is 4.74 Å². The summed E-state index contributed by atoms with van der Waals surface area (Å²) in [6.07, 6.45) is 1.34. The molecular formula is C14H20N2OS. The van der Waals surface area contributed by atoms with Gasteiger partial charge in [0, 0.05) is 24.3 Å². The smallest absolute Gasteiger partial charge is 0.106 e. The largest absolute Gasteiger partial charge is 0.389 e. The van der Waals surface area contributed by atoms with Crippen LogP contribution in [0.25, 0.3) is 0 Å². The Labute approximate surface area is 114 Å². The van der Waals surface area contributed by atoms with E-state index in [0.717, 1.165) is 37.4 Å². The van der Waals surface area contributed by atoms with Crippen molar-refractivity contribution in [2.45, 2.75) is 26.4 Å². The van der Waals surface area contributed by atoms with Crippen molar-refractivity contribution in [3.05, 3.63) is 29.3 Å². The van der Waals surface area contributed by atoms with E-state index in [1.165, 1.54) is 5.56 Å². The fraction of sp³-hybridized carbons (Fsp3) is 0.500. The van der Waals surface area contributed by atoms with Crippen LogP contribution in [0.1, 0.15) is 24.5 Å². The second-order valence-electron chi connectivity index (χ2n) is 4.73. The lowest BCUT2D eigenvalue weighted by molar-refractivity contribution is 0.0384. The van der Waals surface area contributed by atoms with E-state index in [0.29, 0.717) is 11.1 Å². The first-order valence-corrected chi connectivity index (χ1v) is 6.79. The Morgan fingerprint density at radius 2 is 2.33 bits per heavy atom. The van der Waals surface area contributed by atoms with Crippen LogP contribution in [0, 0.1) is 6.92 Å². The first kappa shape index (κ1) is 13.3. The highest BCUT2D eigenvalue weighted by Gasteiger charge is 2.21. The topological polar surface area (TPSA) is 38.5 Å². The van der Waals surface area contributed by atoms with Gasteiger partial charge in [0.05, 0.1) is 12.7 Å². The lowest BCUT2D eigenvalue weighted by atomic mass is 10.1. The summed E-state index contributed by atoms with van der Waals surface area (Å²) in [4.78, 5) is 2.79. The van der Waals surface area contributed by atoms with Gasteiger partial charge in [-0.3, -0.25) is 0 Å². The molecule has 1 aliphatic rings. The lowest BCUT2D eigenvalue weighted by Gasteiger charge is -2.35. The summed E-state index contributed by atoms with van der Waals surface area (Å²) in [5.74, 6) is 0. The maximum Gasteiger partial charge on any atom is 0.106 e. The molecule has 1 aromatic rings. The molecule has 1 heterocycles. The van der Waals surface area contributed by atoms with Crippen LogP contribution >= 0.6 is 12.2 Å². The molecule has 0 radical (unpaired) electrons. The fourth-order valence-electron chi connectivity index (χ4n) is 2.31. The Hall–Kier alpha value is -1.13. The highest BCUT2D eigenvalue weighted by Crippen LogP contribution is 2.24. The highest BCUT2D eigenvalue weighted by atomic mass is 32.1. The van der Waals surface area contributed by atoms with Crippen LogP contribution in [0.5, 0.6) is 0 Å². The molecule has 0 aliphatic carbocycles. The van der Waals surface area contributed by atoms with Crippen molar-refractivity contribution in [1.82, 2.24) is 0 Å². The van der Waals surface area contributed by atoms with E-state index in [-0.39, 0.29) is 0 Å². The number of rotatable bonds is 3. The maximum atomic E-state index is 5.83. The summed E-state index contributed by atoms with van der Waals surface area (Å²) in [5.41, 5.74) is 9.12. The van der Waals surface area contributed by atoms with E-state index in [2.05, 4.69) is 36.9 Å². The minimum absolute atomic E-state index is 0.305. The second-order valence-corrected chi connectivity index (χ2v) is 5.17. The zero-order valence-corrected chi connectivity index (χ0v) is 11.8. The van der Waals surface area contributed by atoms with Crippen LogP contribution < -0.4 is 10.6 Å². The van der Waals surface area contributed by atoms with Gasteiger partial charge in [-0.25, -0.2) is 0 Å². The van der Waals surface area contributed by atoms with Gasteiger partial charge in [-0.1, -0.05) is 30.8 Å². The third-order valence-corrected chi connectivity index (χ3v) is 3.57. The third kappa shape index (κ3) is 2.82. The summed E-state index contributed by atoms with van der Waals surface area (Å²) in [7, 11) is 0. The molecular weight excluding hydrogens is 244 g/mol. The van der Waals surface area contributed by atoms with Crippen molar-refractivity contribution < 1.29 is 4.74 Å². The molecule has 0 bridgehead atoms. The van der Waals surface area contributed by atoms with E-state index in [4.69, 9.17) is 22.7 Å². The van der Waals surface area contributed by atoms with E-state index < -0.39 is 0 Å². The number of nitrogens with zero attached hydrogens (tertiary/aromatic N) is 1. The average Bonchev–Trinajstić information content (AvgIpc) is 2.38. The Balaban J connectivity index is 2.29. The van der Waals surface area contributed by atoms with Gasteiger partial charge in [-0.05, 0) is 25.5 Å². The van der Waals surface area contributed by atoms with Crippen LogP contribution in [0.4, 0.5) is 5.69 Å². The lowest BCUT2D eigenvalue weighted by Crippen LogP contribution is -2.43. The zero-order chi connectivity index (χ0) is 13.1. The average molecular weight is 264 g/mol. The number of benzene rings is 1. The van der Waals surface area contributed by atoms with Gasteiger partial charge < -0.3 is 15.4 Å². The molecule has 0 spiro atoms. The monoisotopic (exact) mass is 264 g/mol. The summed E-state index contributed by atoms with van der Waals surface area (Å²) in [6, 6.07) is 6.28. The standard InChI is InChI=1S/C14H20N2OS/c1-3-11-9-16(6-7-17-11)13-5-4-10(2)8-12(13)14(15)18/h4-5,8,11H,3,6-7,9H2,1-2H3,(H2,15,18). The second kappa shape index (κ2) is 5.67. The molecule has 1 aliphatic heterocycles. The van der Waals surface area contributed by atoms with Gasteiger partial charge in [0.2, 0.25) is 0 Å². The van der Waals surface area contributed by atoms with E-state index >= 15 is 0 Å². The molecule has 0 saturated carbocycles. The van der Waals surface area contributed by atoms with Gasteiger partial charge in [0.25, 0.3) is 0 Å². The van der Waals surface area contributed by atoms with Gasteiger partial charge in [0.1, 0.15) is 4.99 Å². The molecule has 4 heteroatoms. The molecule has 0 aromatic heterocycles. The zero-order valence-electron chi connectivity index (χ0n) is 11.0. The molecule has 1 fully saturated rings. The minimum Gasteiger partial charge on any atom is -0.389 e. The molecule has 1 atom stereocenters. The SMILES string of the molecule is CCC1CN(c2ccc(C)cc2C(N)=S)CCO1. The predicted molar refractivity (Wildman–Crippen MR) is 79.3 cm³/mol. The third-order valence-electron chi connectivity index (χ3n) is 3.35. The molecule has 18 heavy (non-hydrogen) atoms. The predicted octanol–water partition coefficient (Wildman–Crippen LogP) is 2.24. The highest BCUT2D eigenvalue weighted by molar-refractivity contribution is 7.80. The van der Waals surface area contributed by atoms with Crippen molar-refractivity contribution in [3.8, 4) is 0 Å². The van der Waals surface area contributed by atoms with E-state index in [9.17, 15) is 0 Å². The van der Waals surface area contributed by atoms with Crippen LogP contribution in [-0.4, -0.2) is 30.8 Å². The minimum atomic E-state index is 0.305. The quantitative estimate of drug-likeness (QED) is 0.850. The number of hydrogen-bond acceptors (Lipinski definition) is 3. The van der Waals surface area contributed by atoms with Crippen LogP contribution in [0.3, 0.4) is 0 Å². The Kier molecular flexibility index (Phi) is 4.19. The Morgan fingerprint density at radius 3 is 3.00 bits per heavy atom. The van der Waals surface area contributed by atoms with E-state index in [1.54, 1.807) is 0 Å². The van der Waals surface area contributed by atoms with Gasteiger partial charge in [0.15, 0.2) is 0 Å². The number of hydrogen-bond donors (Lipinski definition) is 1. The maximum absolute atomic E-state index is 5.83. The molecule has 1 saturated heterocycles. The number of ether oxygens (including phenoxy) is 1. The van der Waals surface area contributed by atoms with Crippen LogP contribution in [0.15, 0.2) is 18.2 Å². The molecule has 1 unspecified atom stereocenters. The number of nitrogens with two attached hydrogens (primary N) is 1. The molecule has 0 amide bonds. The van der Waals surface area contributed by atoms with Crippen molar-refractivity contribution in [2.75, 3.05) is 24.6 Å². The molecule has 3 nitrogen and oxygen atoms in total. The molecule has 1 aromatic carbocycles. The summed E-state index contributed by atoms with van der Waals surface area (Å²) >= 11 is 5.16. The summed E-state index contributed by atoms with van der Waals surface area (Å²) in [6.45, 7) is 6.78. The van der Waals surface area contributed by atoms with Gasteiger partial charge in [-0.2, -0.15) is 0 Å². The number of morpholine rings is 1. The van der Waals surface area contributed by atoms with Crippen LogP contribution in [0.2, 0.25) is 0 Å². The number of aryl methyl sites for hydroxylation is 1. The van der Waals surface area contributed by atoms with Crippen molar-refractivity contribution in [3.63, 3.8) is 0 Å². The fourth-order valence-corrected chi connectivity index (χ4v) is 2.47. The van der Waals surface area contributed by atoms with Crippen molar-refractivity contribution in [1.29, 1.82) is 0 Å². The first-order valence-electron chi connectivity index (χ1n) is 6.38. The normalized spacial score (nSPS) is 19.9. The molecule has 2 N–H and O–H groups in total. The molecule has 2 rings (SSSR count). The number of thiocarbonyl (C=S) groups is 1. The van der Waals surface area contributed by atoms with Gasteiger partial charge in [-0.15, -0.1) is 0 Å². The van der Waals surface area contributed by atoms with Crippen molar-refractivity contribution >= 4 is 22.9 Å². The Morgan fingerprint density at radius 1 is 1.56 bits per heavy atom. The van der Waals surface area contributed by atoms with Crippen molar-refractivity contribution in [2.24, 2.45) is 5.73 Å². The summed E-state index contributed by atoms with van der Waals surface area (Å²) in [5, 5.41) is 0. The molecule has 98 valence electrons.